The van der Waals surface area contributed by atoms with Gasteiger partial charge in [0.1, 0.15) is 0 Å². The molecule has 0 unspecified atom stereocenters. The van der Waals surface area contributed by atoms with Crippen molar-refractivity contribution >= 4 is 21.6 Å². The van der Waals surface area contributed by atoms with Gasteiger partial charge in [0.15, 0.2) is 0 Å². The summed E-state index contributed by atoms with van der Waals surface area (Å²) in [6.45, 7) is 2.39. The van der Waals surface area contributed by atoms with Crippen LogP contribution in [-0.2, 0) is 12.7 Å². The van der Waals surface area contributed by atoms with Gasteiger partial charge >= 0.3 is 6.18 Å². The van der Waals surface area contributed by atoms with Crippen LogP contribution in [0.4, 0.5) is 13.2 Å². The van der Waals surface area contributed by atoms with Crippen molar-refractivity contribution in [3.05, 3.63) is 23.2 Å². The number of hydrogen-bond donors (Lipinski definition) is 0. The van der Waals surface area contributed by atoms with E-state index in [1.54, 1.807) is 16.0 Å². The van der Waals surface area contributed by atoms with Crippen molar-refractivity contribution in [1.82, 2.24) is 4.57 Å². The molecule has 0 N–H and O–H groups in total. The number of hydrogen-bond acceptors (Lipinski definition) is 1. The highest BCUT2D eigenvalue weighted by molar-refractivity contribution is 7.17. The third kappa shape index (κ3) is 1.32. The number of alkyl halides is 3. The van der Waals surface area contributed by atoms with Crippen LogP contribution in [0.5, 0.6) is 0 Å². The van der Waals surface area contributed by atoms with E-state index < -0.39 is 11.7 Å². The zero-order valence-electron chi connectivity index (χ0n) is 7.43. The first-order chi connectivity index (χ1) is 6.54. The number of thiophene rings is 1. The lowest BCUT2D eigenvalue weighted by atomic mass is 10.3. The summed E-state index contributed by atoms with van der Waals surface area (Å²) >= 11 is 1.14. The maximum absolute atomic E-state index is 12.5. The van der Waals surface area contributed by atoms with Gasteiger partial charge in [-0.05, 0) is 18.4 Å². The zero-order chi connectivity index (χ0) is 10.3. The average molecular weight is 219 g/mol. The average Bonchev–Trinajstić information content (AvgIpc) is 2.59. The predicted molar refractivity (Wildman–Crippen MR) is 50.5 cm³/mol. The van der Waals surface area contributed by atoms with E-state index in [1.807, 2.05) is 6.92 Å². The third-order valence-electron chi connectivity index (χ3n) is 2.13. The number of fused-ring (bicyclic) bond motifs is 1. The molecule has 0 aliphatic heterocycles. The highest BCUT2D eigenvalue weighted by atomic mass is 32.1. The van der Waals surface area contributed by atoms with Gasteiger partial charge in [-0.1, -0.05) is 0 Å². The van der Waals surface area contributed by atoms with Crippen LogP contribution >= 0.6 is 11.3 Å². The van der Waals surface area contributed by atoms with Crippen molar-refractivity contribution in [2.24, 2.45) is 0 Å². The summed E-state index contributed by atoms with van der Waals surface area (Å²) in [6, 6.07) is 1.72. The molecule has 0 amide bonds. The van der Waals surface area contributed by atoms with E-state index in [4.69, 9.17) is 0 Å². The van der Waals surface area contributed by atoms with Crippen molar-refractivity contribution in [3.8, 4) is 0 Å². The summed E-state index contributed by atoms with van der Waals surface area (Å²) in [6.07, 6.45) is -3.06. The maximum atomic E-state index is 12.5. The maximum Gasteiger partial charge on any atom is 0.419 e. The second kappa shape index (κ2) is 3.02. The second-order valence-corrected chi connectivity index (χ2v) is 3.88. The number of rotatable bonds is 1. The Kier molecular flexibility index (Phi) is 2.06. The van der Waals surface area contributed by atoms with E-state index in [0.717, 1.165) is 11.3 Å². The lowest BCUT2D eigenvalue weighted by Gasteiger charge is -2.02. The quantitative estimate of drug-likeness (QED) is 0.688. The summed E-state index contributed by atoms with van der Waals surface area (Å²) < 4.78 is 39.6. The topological polar surface area (TPSA) is 4.93 Å². The van der Waals surface area contributed by atoms with Crippen LogP contribution in [0.3, 0.4) is 0 Å². The molecular formula is C9H8F3NS. The first-order valence-electron chi connectivity index (χ1n) is 4.17. The molecule has 0 atom stereocenters. The Morgan fingerprint density at radius 2 is 2.14 bits per heavy atom. The lowest BCUT2D eigenvalue weighted by Crippen LogP contribution is -2.03. The first kappa shape index (κ1) is 9.58. The third-order valence-corrected chi connectivity index (χ3v) is 3.07. The van der Waals surface area contributed by atoms with E-state index in [0.29, 0.717) is 16.8 Å². The van der Waals surface area contributed by atoms with Crippen LogP contribution in [-0.4, -0.2) is 4.57 Å². The summed E-state index contributed by atoms with van der Waals surface area (Å²) in [5.74, 6) is 0. The van der Waals surface area contributed by atoms with Crippen LogP contribution in [0.25, 0.3) is 10.2 Å². The van der Waals surface area contributed by atoms with Gasteiger partial charge in [0.25, 0.3) is 0 Å². The van der Waals surface area contributed by atoms with Crippen molar-refractivity contribution in [2.45, 2.75) is 19.6 Å². The van der Waals surface area contributed by atoms with Gasteiger partial charge in [-0.3, -0.25) is 0 Å². The highest BCUT2D eigenvalue weighted by Crippen LogP contribution is 2.38. The van der Waals surface area contributed by atoms with Gasteiger partial charge in [-0.2, -0.15) is 13.2 Å². The van der Waals surface area contributed by atoms with E-state index in [9.17, 15) is 13.2 Å². The van der Waals surface area contributed by atoms with Crippen molar-refractivity contribution in [2.75, 3.05) is 0 Å². The molecule has 14 heavy (non-hydrogen) atoms. The normalized spacial score (nSPS) is 12.6. The Morgan fingerprint density at radius 3 is 2.71 bits per heavy atom. The van der Waals surface area contributed by atoms with Crippen LogP contribution in [0, 0.1) is 0 Å². The van der Waals surface area contributed by atoms with E-state index in [2.05, 4.69) is 0 Å². The molecular weight excluding hydrogens is 211 g/mol. The predicted octanol–water partition coefficient (Wildman–Crippen LogP) is 3.74. The number of aromatic nitrogens is 1. The fourth-order valence-electron chi connectivity index (χ4n) is 1.48. The first-order valence-corrected chi connectivity index (χ1v) is 5.05. The molecule has 2 rings (SSSR count). The van der Waals surface area contributed by atoms with Gasteiger partial charge in [-0.15, -0.1) is 11.3 Å². The van der Waals surface area contributed by atoms with Crippen molar-refractivity contribution < 1.29 is 13.2 Å². The number of halogens is 3. The van der Waals surface area contributed by atoms with Crippen LogP contribution in [0.2, 0.25) is 0 Å². The molecule has 2 heterocycles. The number of nitrogens with zero attached hydrogens (tertiary/aromatic N) is 1. The molecule has 0 saturated heterocycles. The molecule has 0 fully saturated rings. The van der Waals surface area contributed by atoms with Crippen LogP contribution < -0.4 is 0 Å². The molecule has 2 aromatic heterocycles. The molecule has 76 valence electrons. The fraction of sp³-hybridized carbons (Fsp3) is 0.333. The molecule has 2 aromatic rings. The Morgan fingerprint density at radius 1 is 1.43 bits per heavy atom. The minimum atomic E-state index is -4.25. The van der Waals surface area contributed by atoms with Crippen LogP contribution in [0.15, 0.2) is 17.6 Å². The molecule has 5 heteroatoms. The molecule has 1 nitrogen and oxygen atoms in total. The summed E-state index contributed by atoms with van der Waals surface area (Å²) in [4.78, 5) is 0. The van der Waals surface area contributed by atoms with E-state index in [-0.39, 0.29) is 0 Å². The van der Waals surface area contributed by atoms with E-state index >= 15 is 0 Å². The molecule has 0 aliphatic rings. The minimum absolute atomic E-state index is 0.333. The van der Waals surface area contributed by atoms with Crippen molar-refractivity contribution in [1.29, 1.82) is 0 Å². The van der Waals surface area contributed by atoms with Crippen LogP contribution in [0.1, 0.15) is 12.5 Å². The highest BCUT2D eigenvalue weighted by Gasteiger charge is 2.34. The monoisotopic (exact) mass is 219 g/mol. The summed E-state index contributed by atoms with van der Waals surface area (Å²) in [5.41, 5.74) is 0.147. The second-order valence-electron chi connectivity index (χ2n) is 2.96. The minimum Gasteiger partial charge on any atom is -0.346 e. The Labute approximate surface area is 82.8 Å². The largest absolute Gasteiger partial charge is 0.419 e. The van der Waals surface area contributed by atoms with Crippen molar-refractivity contribution in [3.63, 3.8) is 0 Å². The zero-order valence-corrected chi connectivity index (χ0v) is 8.25. The Hall–Kier alpha value is -0.970. The van der Waals surface area contributed by atoms with Gasteiger partial charge in [0, 0.05) is 12.7 Å². The van der Waals surface area contributed by atoms with Gasteiger partial charge in [-0.25, -0.2) is 0 Å². The Bertz CT molecular complexity index is 452. The lowest BCUT2D eigenvalue weighted by molar-refractivity contribution is -0.136. The molecule has 0 radical (unpaired) electrons. The van der Waals surface area contributed by atoms with Gasteiger partial charge < -0.3 is 4.57 Å². The molecule has 0 aliphatic carbocycles. The van der Waals surface area contributed by atoms with Gasteiger partial charge in [0.05, 0.1) is 15.8 Å². The van der Waals surface area contributed by atoms with E-state index in [1.165, 1.54) is 6.20 Å². The summed E-state index contributed by atoms with van der Waals surface area (Å²) in [5, 5.41) is 1.69. The SMILES string of the molecule is CCn1cc(C(F)(F)F)c2sccc21. The molecule has 0 aromatic carbocycles. The Balaban J connectivity index is 2.71. The molecule has 0 bridgehead atoms. The molecule has 0 spiro atoms. The number of aryl methyl sites for hydroxylation is 1. The van der Waals surface area contributed by atoms with Gasteiger partial charge in [0.2, 0.25) is 0 Å². The molecule has 0 saturated carbocycles. The fourth-order valence-corrected chi connectivity index (χ4v) is 2.41. The standard InChI is InChI=1S/C9H8F3NS/c1-2-13-5-6(9(10,11)12)8-7(13)3-4-14-8/h3-5H,2H2,1H3. The smallest absolute Gasteiger partial charge is 0.346 e. The summed E-state index contributed by atoms with van der Waals surface area (Å²) in [7, 11) is 0.